The van der Waals surface area contributed by atoms with E-state index in [0.29, 0.717) is 21.9 Å². The van der Waals surface area contributed by atoms with Crippen LogP contribution in [0.4, 0.5) is 0 Å². The molecule has 118 valence electrons. The number of hydrogen-bond acceptors (Lipinski definition) is 1. The van der Waals surface area contributed by atoms with Gasteiger partial charge in [-0.2, -0.15) is 0 Å². The van der Waals surface area contributed by atoms with E-state index in [4.69, 9.17) is 23.2 Å². The molecule has 0 aromatic heterocycles. The summed E-state index contributed by atoms with van der Waals surface area (Å²) in [6.45, 7) is 10.1. The Morgan fingerprint density at radius 1 is 1.14 bits per heavy atom. The fraction of sp³-hybridized carbons (Fsp3) is 0.667. The van der Waals surface area contributed by atoms with Crippen LogP contribution in [-0.2, 0) is 0 Å². The van der Waals surface area contributed by atoms with Crippen LogP contribution in [0.3, 0.4) is 0 Å². The Hall–Kier alpha value is -0.240. The van der Waals surface area contributed by atoms with Crippen molar-refractivity contribution in [2.75, 3.05) is 6.54 Å². The second-order valence-electron chi connectivity index (χ2n) is 7.59. The number of nitrogens with one attached hydrogen (secondary N) is 1. The molecule has 1 nitrogen and oxygen atoms in total. The molecule has 0 bridgehead atoms. The first-order valence-electron chi connectivity index (χ1n) is 7.96. The minimum atomic E-state index is 0.172. The van der Waals surface area contributed by atoms with Crippen molar-refractivity contribution in [1.82, 2.24) is 5.32 Å². The zero-order chi connectivity index (χ0) is 15.6. The number of benzene rings is 1. The SMILES string of the molecule is CC1CCC(CNC(C)(C)C)C(c2ccc(Cl)c(Cl)c2)C1. The van der Waals surface area contributed by atoms with E-state index in [1.54, 1.807) is 0 Å². The molecule has 0 aliphatic heterocycles. The predicted molar refractivity (Wildman–Crippen MR) is 93.5 cm³/mol. The molecular formula is C18H27Cl2N. The van der Waals surface area contributed by atoms with E-state index in [-0.39, 0.29) is 5.54 Å². The van der Waals surface area contributed by atoms with Gasteiger partial charge in [-0.25, -0.2) is 0 Å². The van der Waals surface area contributed by atoms with Gasteiger partial charge >= 0.3 is 0 Å². The van der Waals surface area contributed by atoms with Crippen LogP contribution in [0.1, 0.15) is 58.4 Å². The van der Waals surface area contributed by atoms with Crippen molar-refractivity contribution in [3.63, 3.8) is 0 Å². The molecule has 1 aliphatic carbocycles. The maximum absolute atomic E-state index is 6.22. The number of halogens is 2. The largest absolute Gasteiger partial charge is 0.312 e. The van der Waals surface area contributed by atoms with Crippen LogP contribution in [0, 0.1) is 11.8 Å². The van der Waals surface area contributed by atoms with Crippen LogP contribution in [-0.4, -0.2) is 12.1 Å². The summed E-state index contributed by atoms with van der Waals surface area (Å²) < 4.78 is 0. The van der Waals surface area contributed by atoms with Gasteiger partial charge in [0, 0.05) is 5.54 Å². The van der Waals surface area contributed by atoms with E-state index in [2.05, 4.69) is 45.1 Å². The first-order valence-corrected chi connectivity index (χ1v) is 8.72. The van der Waals surface area contributed by atoms with Gasteiger partial charge in [0.05, 0.1) is 10.0 Å². The van der Waals surface area contributed by atoms with Crippen molar-refractivity contribution < 1.29 is 0 Å². The molecule has 1 N–H and O–H groups in total. The maximum Gasteiger partial charge on any atom is 0.0595 e. The molecule has 1 aromatic rings. The van der Waals surface area contributed by atoms with Crippen molar-refractivity contribution in [1.29, 1.82) is 0 Å². The van der Waals surface area contributed by atoms with E-state index in [1.807, 2.05) is 6.07 Å². The van der Waals surface area contributed by atoms with E-state index >= 15 is 0 Å². The molecule has 1 aromatic carbocycles. The van der Waals surface area contributed by atoms with Gasteiger partial charge in [-0.3, -0.25) is 0 Å². The Morgan fingerprint density at radius 3 is 2.48 bits per heavy atom. The molecular weight excluding hydrogens is 301 g/mol. The van der Waals surface area contributed by atoms with Crippen LogP contribution in [0.2, 0.25) is 10.0 Å². The van der Waals surface area contributed by atoms with Gasteiger partial charge in [0.15, 0.2) is 0 Å². The zero-order valence-electron chi connectivity index (χ0n) is 13.5. The molecule has 3 unspecified atom stereocenters. The van der Waals surface area contributed by atoms with Crippen molar-refractivity contribution in [2.45, 2.75) is 58.4 Å². The van der Waals surface area contributed by atoms with Gasteiger partial charge < -0.3 is 5.32 Å². The Morgan fingerprint density at radius 2 is 1.86 bits per heavy atom. The predicted octanol–water partition coefficient (Wildman–Crippen LogP) is 5.90. The molecule has 3 heteroatoms. The zero-order valence-corrected chi connectivity index (χ0v) is 15.1. The van der Waals surface area contributed by atoms with Crippen LogP contribution in [0.5, 0.6) is 0 Å². The van der Waals surface area contributed by atoms with Gasteiger partial charge in [0.2, 0.25) is 0 Å². The van der Waals surface area contributed by atoms with E-state index in [0.717, 1.165) is 12.5 Å². The fourth-order valence-corrected chi connectivity index (χ4v) is 3.58. The quantitative estimate of drug-likeness (QED) is 0.728. The molecule has 0 saturated heterocycles. The van der Waals surface area contributed by atoms with E-state index in [9.17, 15) is 0 Å². The third-order valence-corrected chi connectivity index (χ3v) is 5.26. The summed E-state index contributed by atoms with van der Waals surface area (Å²) in [6.07, 6.45) is 3.86. The van der Waals surface area contributed by atoms with Crippen LogP contribution in [0.15, 0.2) is 18.2 Å². The Labute approximate surface area is 139 Å². The summed E-state index contributed by atoms with van der Waals surface area (Å²) in [4.78, 5) is 0. The molecule has 1 saturated carbocycles. The van der Waals surface area contributed by atoms with Crippen molar-refractivity contribution in [3.05, 3.63) is 33.8 Å². The average molecular weight is 328 g/mol. The second kappa shape index (κ2) is 6.89. The van der Waals surface area contributed by atoms with Gasteiger partial charge in [-0.15, -0.1) is 0 Å². The topological polar surface area (TPSA) is 12.0 Å². The highest BCUT2D eigenvalue weighted by molar-refractivity contribution is 6.42. The van der Waals surface area contributed by atoms with Crippen LogP contribution >= 0.6 is 23.2 Å². The Balaban J connectivity index is 2.16. The highest BCUT2D eigenvalue weighted by Crippen LogP contribution is 2.41. The lowest BCUT2D eigenvalue weighted by molar-refractivity contribution is 0.227. The van der Waals surface area contributed by atoms with Gasteiger partial charge in [0.25, 0.3) is 0 Å². The third-order valence-electron chi connectivity index (χ3n) is 4.52. The lowest BCUT2D eigenvalue weighted by Gasteiger charge is -2.37. The van der Waals surface area contributed by atoms with Gasteiger partial charge in [0.1, 0.15) is 0 Å². The summed E-state index contributed by atoms with van der Waals surface area (Å²) in [5.41, 5.74) is 1.52. The lowest BCUT2D eigenvalue weighted by Crippen LogP contribution is -2.41. The first-order chi connectivity index (χ1) is 9.76. The summed E-state index contributed by atoms with van der Waals surface area (Å²) >= 11 is 12.3. The smallest absolute Gasteiger partial charge is 0.0595 e. The fourth-order valence-electron chi connectivity index (χ4n) is 3.28. The van der Waals surface area contributed by atoms with E-state index < -0.39 is 0 Å². The van der Waals surface area contributed by atoms with Crippen LogP contribution in [0.25, 0.3) is 0 Å². The van der Waals surface area contributed by atoms with Gasteiger partial charge in [-0.05, 0) is 75.6 Å². The number of hydrogen-bond donors (Lipinski definition) is 1. The highest BCUT2D eigenvalue weighted by atomic mass is 35.5. The molecule has 1 aliphatic rings. The molecule has 2 rings (SSSR count). The summed E-state index contributed by atoms with van der Waals surface area (Å²) in [5.74, 6) is 2.05. The molecule has 0 spiro atoms. The maximum atomic E-state index is 6.22. The standard InChI is InChI=1S/C18H27Cl2N/c1-12-5-6-14(11-21-18(2,3)4)15(9-12)13-7-8-16(19)17(20)10-13/h7-8,10,12,14-15,21H,5-6,9,11H2,1-4H3. The number of rotatable bonds is 3. The third kappa shape index (κ3) is 4.87. The molecule has 21 heavy (non-hydrogen) atoms. The summed E-state index contributed by atoms with van der Waals surface area (Å²) in [5, 5.41) is 5.00. The van der Waals surface area contributed by atoms with Crippen molar-refractivity contribution >= 4 is 23.2 Å². The monoisotopic (exact) mass is 327 g/mol. The highest BCUT2D eigenvalue weighted by Gasteiger charge is 2.30. The average Bonchev–Trinajstić information content (AvgIpc) is 2.39. The van der Waals surface area contributed by atoms with Crippen LogP contribution < -0.4 is 5.32 Å². The Bertz CT molecular complexity index is 479. The lowest BCUT2D eigenvalue weighted by atomic mass is 9.71. The molecule has 0 radical (unpaired) electrons. The van der Waals surface area contributed by atoms with Crippen molar-refractivity contribution in [2.24, 2.45) is 11.8 Å². The molecule has 3 atom stereocenters. The summed E-state index contributed by atoms with van der Waals surface area (Å²) in [7, 11) is 0. The Kier molecular flexibility index (Phi) is 5.62. The normalized spacial score (nSPS) is 26.9. The minimum absolute atomic E-state index is 0.172. The summed E-state index contributed by atoms with van der Waals surface area (Å²) in [6, 6.07) is 6.16. The van der Waals surface area contributed by atoms with Gasteiger partial charge in [-0.1, -0.05) is 42.6 Å². The van der Waals surface area contributed by atoms with Crippen molar-refractivity contribution in [3.8, 4) is 0 Å². The molecule has 0 amide bonds. The molecule has 0 heterocycles. The van der Waals surface area contributed by atoms with E-state index in [1.165, 1.54) is 24.8 Å². The first kappa shape index (κ1) is 17.1. The molecule has 1 fully saturated rings. The minimum Gasteiger partial charge on any atom is -0.312 e. The second-order valence-corrected chi connectivity index (χ2v) is 8.40.